The molecule has 0 saturated carbocycles. The first kappa shape index (κ1) is 16.5. The predicted octanol–water partition coefficient (Wildman–Crippen LogP) is 2.24. The maximum Gasteiger partial charge on any atom is 0.237 e. The zero-order valence-electron chi connectivity index (χ0n) is 12.4. The molecule has 1 amide bonds. The molecule has 0 unspecified atom stereocenters. The van der Waals surface area contributed by atoms with Crippen LogP contribution in [0.5, 0.6) is 0 Å². The van der Waals surface area contributed by atoms with Crippen molar-refractivity contribution in [3.63, 3.8) is 0 Å². The average Bonchev–Trinajstić information content (AvgIpc) is 2.61. The van der Waals surface area contributed by atoms with Gasteiger partial charge in [-0.15, -0.1) is 0 Å². The van der Waals surface area contributed by atoms with Gasteiger partial charge >= 0.3 is 0 Å². The Labute approximate surface area is 117 Å². The van der Waals surface area contributed by atoms with E-state index >= 15 is 0 Å². The first-order valence-corrected chi connectivity index (χ1v) is 9.18. The molecule has 4 nitrogen and oxygen atoms in total. The van der Waals surface area contributed by atoms with Crippen molar-refractivity contribution in [2.24, 2.45) is 5.41 Å². The van der Waals surface area contributed by atoms with Crippen LogP contribution in [0.4, 0.5) is 0 Å². The third kappa shape index (κ3) is 4.48. The average molecular weight is 289 g/mol. The van der Waals surface area contributed by atoms with E-state index < -0.39 is 9.84 Å². The Morgan fingerprint density at radius 1 is 1.11 bits per heavy atom. The van der Waals surface area contributed by atoms with E-state index in [1.807, 2.05) is 0 Å². The van der Waals surface area contributed by atoms with E-state index in [1.165, 1.54) is 0 Å². The van der Waals surface area contributed by atoms with Crippen LogP contribution in [-0.4, -0.2) is 43.8 Å². The molecule has 112 valence electrons. The molecule has 1 fully saturated rings. The largest absolute Gasteiger partial charge is 0.342 e. The van der Waals surface area contributed by atoms with Crippen LogP contribution >= 0.6 is 0 Å². The van der Waals surface area contributed by atoms with E-state index in [2.05, 4.69) is 13.8 Å². The number of carbonyl (C=O) groups is 1. The molecule has 0 aromatic heterocycles. The summed E-state index contributed by atoms with van der Waals surface area (Å²) in [5, 5.41) is 0. The van der Waals surface area contributed by atoms with Crippen molar-refractivity contribution in [2.75, 3.05) is 24.6 Å². The highest BCUT2D eigenvalue weighted by atomic mass is 32.2. The van der Waals surface area contributed by atoms with Gasteiger partial charge in [-0.05, 0) is 24.7 Å². The molecule has 0 atom stereocenters. The molecule has 1 heterocycles. The van der Waals surface area contributed by atoms with Gasteiger partial charge < -0.3 is 4.90 Å². The Hall–Kier alpha value is -0.580. The van der Waals surface area contributed by atoms with Crippen LogP contribution < -0.4 is 0 Å². The number of hydrogen-bond donors (Lipinski definition) is 0. The maximum atomic E-state index is 12.1. The number of rotatable bonds is 5. The number of sulfone groups is 1. The quantitative estimate of drug-likeness (QED) is 0.780. The molecule has 0 aromatic carbocycles. The van der Waals surface area contributed by atoms with Gasteiger partial charge in [-0.3, -0.25) is 4.79 Å². The highest BCUT2D eigenvalue weighted by molar-refractivity contribution is 7.92. The molecule has 0 radical (unpaired) electrons. The standard InChI is InChI=1S/C14H27NO3S/c1-4-14(5-2)8-7-10-15(11-9-14)13(16)12-19(17,18)6-3/h4-12H2,1-3H3. The third-order valence-corrected chi connectivity index (χ3v) is 6.25. The lowest BCUT2D eigenvalue weighted by molar-refractivity contribution is -0.128. The lowest BCUT2D eigenvalue weighted by Crippen LogP contribution is -2.37. The molecule has 19 heavy (non-hydrogen) atoms. The highest BCUT2D eigenvalue weighted by Gasteiger charge is 2.31. The fourth-order valence-corrected chi connectivity index (χ4v) is 3.60. The third-order valence-electron chi connectivity index (χ3n) is 4.68. The molecule has 1 aliphatic rings. The molecule has 5 heteroatoms. The summed E-state index contributed by atoms with van der Waals surface area (Å²) in [5.41, 5.74) is 0.346. The van der Waals surface area contributed by atoms with Gasteiger partial charge in [0.05, 0.1) is 0 Å². The van der Waals surface area contributed by atoms with Gasteiger partial charge in [0.25, 0.3) is 0 Å². The van der Waals surface area contributed by atoms with Crippen LogP contribution in [0.15, 0.2) is 0 Å². The van der Waals surface area contributed by atoms with Crippen LogP contribution in [0, 0.1) is 5.41 Å². The summed E-state index contributed by atoms with van der Waals surface area (Å²) < 4.78 is 23.1. The first-order chi connectivity index (χ1) is 8.88. The molecule has 0 aromatic rings. The minimum Gasteiger partial charge on any atom is -0.342 e. The van der Waals surface area contributed by atoms with Crippen LogP contribution in [0.2, 0.25) is 0 Å². The Bertz CT molecular complexity index is 399. The summed E-state index contributed by atoms with van der Waals surface area (Å²) in [6, 6.07) is 0. The number of carbonyl (C=O) groups excluding carboxylic acids is 1. The molecule has 0 aliphatic carbocycles. The summed E-state index contributed by atoms with van der Waals surface area (Å²) in [4.78, 5) is 13.8. The number of amides is 1. The summed E-state index contributed by atoms with van der Waals surface area (Å²) in [5.74, 6) is -0.500. The number of nitrogens with zero attached hydrogens (tertiary/aromatic N) is 1. The predicted molar refractivity (Wildman–Crippen MR) is 77.8 cm³/mol. The van der Waals surface area contributed by atoms with Gasteiger partial charge in [-0.25, -0.2) is 8.42 Å². The first-order valence-electron chi connectivity index (χ1n) is 7.36. The van der Waals surface area contributed by atoms with Crippen LogP contribution in [0.3, 0.4) is 0 Å². The number of likely N-dealkylation sites (tertiary alicyclic amines) is 1. The molecular weight excluding hydrogens is 262 g/mol. The van der Waals surface area contributed by atoms with Gasteiger partial charge in [0.1, 0.15) is 5.75 Å². The molecule has 0 N–H and O–H groups in total. The SMILES string of the molecule is CCC1(CC)CCCN(C(=O)CS(=O)(=O)CC)CC1. The van der Waals surface area contributed by atoms with Crippen LogP contribution in [0.25, 0.3) is 0 Å². The Kier molecular flexibility index (Phi) is 5.83. The topological polar surface area (TPSA) is 54.5 Å². The number of hydrogen-bond acceptors (Lipinski definition) is 3. The molecule has 0 spiro atoms. The Morgan fingerprint density at radius 3 is 2.26 bits per heavy atom. The van der Waals surface area contributed by atoms with E-state index in [1.54, 1.807) is 11.8 Å². The van der Waals surface area contributed by atoms with Crippen LogP contribution in [0.1, 0.15) is 52.9 Å². The normalized spacial score (nSPS) is 20.1. The summed E-state index contributed by atoms with van der Waals surface area (Å²) in [7, 11) is -3.21. The Morgan fingerprint density at radius 2 is 1.74 bits per heavy atom. The lowest BCUT2D eigenvalue weighted by Gasteiger charge is -2.30. The summed E-state index contributed by atoms with van der Waals surface area (Å²) in [6.45, 7) is 7.43. The highest BCUT2D eigenvalue weighted by Crippen LogP contribution is 2.37. The molecule has 1 rings (SSSR count). The van der Waals surface area contributed by atoms with Crippen molar-refractivity contribution < 1.29 is 13.2 Å². The second kappa shape index (κ2) is 6.73. The lowest BCUT2D eigenvalue weighted by atomic mass is 9.76. The van der Waals surface area contributed by atoms with Crippen LogP contribution in [-0.2, 0) is 14.6 Å². The van der Waals surface area contributed by atoms with Crippen molar-refractivity contribution in [2.45, 2.75) is 52.9 Å². The van der Waals surface area contributed by atoms with E-state index in [4.69, 9.17) is 0 Å². The van der Waals surface area contributed by atoms with Crippen molar-refractivity contribution in [3.8, 4) is 0 Å². The zero-order chi connectivity index (χ0) is 14.5. The van der Waals surface area contributed by atoms with Crippen molar-refractivity contribution in [1.29, 1.82) is 0 Å². The van der Waals surface area contributed by atoms with E-state index in [9.17, 15) is 13.2 Å². The fraction of sp³-hybridized carbons (Fsp3) is 0.929. The molecule has 1 saturated heterocycles. The van der Waals surface area contributed by atoms with Gasteiger partial charge in [0.15, 0.2) is 9.84 Å². The summed E-state index contributed by atoms with van der Waals surface area (Å²) in [6.07, 6.45) is 5.40. The molecular formula is C14H27NO3S. The van der Waals surface area contributed by atoms with Gasteiger partial charge in [0, 0.05) is 18.8 Å². The molecule has 0 bridgehead atoms. The van der Waals surface area contributed by atoms with Crippen molar-refractivity contribution in [1.82, 2.24) is 4.90 Å². The fourth-order valence-electron chi connectivity index (χ4n) is 2.84. The monoisotopic (exact) mass is 289 g/mol. The van der Waals surface area contributed by atoms with Crippen molar-refractivity contribution >= 4 is 15.7 Å². The Balaban J connectivity index is 2.65. The summed E-state index contributed by atoms with van der Waals surface area (Å²) >= 11 is 0. The van der Waals surface area contributed by atoms with E-state index in [0.29, 0.717) is 18.5 Å². The van der Waals surface area contributed by atoms with Gasteiger partial charge in [0.2, 0.25) is 5.91 Å². The van der Waals surface area contributed by atoms with Gasteiger partial charge in [-0.1, -0.05) is 33.6 Å². The molecule has 1 aliphatic heterocycles. The minimum atomic E-state index is -3.21. The smallest absolute Gasteiger partial charge is 0.237 e. The second-order valence-corrected chi connectivity index (χ2v) is 7.97. The van der Waals surface area contributed by atoms with Crippen molar-refractivity contribution in [3.05, 3.63) is 0 Å². The van der Waals surface area contributed by atoms with Gasteiger partial charge in [-0.2, -0.15) is 0 Å². The zero-order valence-corrected chi connectivity index (χ0v) is 13.3. The van der Waals surface area contributed by atoms with E-state index in [0.717, 1.165) is 32.1 Å². The van der Waals surface area contributed by atoms with E-state index in [-0.39, 0.29) is 17.4 Å². The minimum absolute atomic E-state index is 0.0421. The second-order valence-electron chi connectivity index (χ2n) is 5.62. The maximum absolute atomic E-state index is 12.1.